The molecule has 0 bridgehead atoms. The maximum atomic E-state index is 13.0. The summed E-state index contributed by atoms with van der Waals surface area (Å²) in [4.78, 5) is 20.7. The normalized spacial score (nSPS) is 14.5. The van der Waals surface area contributed by atoms with Crippen molar-refractivity contribution in [3.05, 3.63) is 60.2 Å². The molecule has 1 N–H and O–H groups in total. The van der Waals surface area contributed by atoms with Crippen molar-refractivity contribution in [2.24, 2.45) is 0 Å². The Morgan fingerprint density at radius 3 is 2.47 bits per heavy atom. The summed E-state index contributed by atoms with van der Waals surface area (Å²) in [6.07, 6.45) is 0. The Kier molecular flexibility index (Phi) is 5.89. The molecule has 1 fully saturated rings. The van der Waals surface area contributed by atoms with Crippen molar-refractivity contribution in [2.45, 2.75) is 6.54 Å². The monoisotopic (exact) mass is 411 g/mol. The van der Waals surface area contributed by atoms with Crippen LogP contribution in [0.1, 0.15) is 5.89 Å². The number of rotatable bonds is 5. The molecular weight excluding hydrogens is 389 g/mol. The second kappa shape index (κ2) is 8.91. The topological polar surface area (TPSA) is 83.7 Å². The number of amides is 2. The molecule has 0 atom stereocenters. The van der Waals surface area contributed by atoms with E-state index in [1.165, 1.54) is 12.1 Å². The van der Waals surface area contributed by atoms with Gasteiger partial charge in [0.25, 0.3) is 0 Å². The second-order valence-corrected chi connectivity index (χ2v) is 6.94. The number of hydrogen-bond donors (Lipinski definition) is 1. The molecule has 2 amide bonds. The van der Waals surface area contributed by atoms with Crippen LogP contribution in [0.5, 0.6) is 5.75 Å². The van der Waals surface area contributed by atoms with Crippen molar-refractivity contribution >= 4 is 11.7 Å². The molecule has 9 heteroatoms. The molecule has 1 saturated heterocycles. The van der Waals surface area contributed by atoms with Crippen LogP contribution in [-0.4, -0.2) is 59.3 Å². The van der Waals surface area contributed by atoms with E-state index in [9.17, 15) is 9.18 Å². The fourth-order valence-corrected chi connectivity index (χ4v) is 3.21. The first kappa shape index (κ1) is 19.8. The average Bonchev–Trinajstić information content (AvgIpc) is 3.24. The summed E-state index contributed by atoms with van der Waals surface area (Å²) in [5.74, 6) is 1.50. The maximum Gasteiger partial charge on any atom is 0.321 e. The number of nitrogens with zero attached hydrogens (tertiary/aromatic N) is 4. The SMILES string of the molecule is COc1ccc(-c2noc(CN3CCN(C(=O)Nc4ccc(F)cc4)CC3)n2)cc1. The van der Waals surface area contributed by atoms with E-state index in [1.54, 1.807) is 24.1 Å². The third-order valence-corrected chi connectivity index (χ3v) is 4.93. The van der Waals surface area contributed by atoms with E-state index in [2.05, 4.69) is 20.4 Å². The summed E-state index contributed by atoms with van der Waals surface area (Å²) < 4.78 is 23.5. The quantitative estimate of drug-likeness (QED) is 0.694. The van der Waals surface area contributed by atoms with Gasteiger partial charge in [-0.3, -0.25) is 4.90 Å². The fourth-order valence-electron chi connectivity index (χ4n) is 3.21. The highest BCUT2D eigenvalue weighted by molar-refractivity contribution is 5.89. The van der Waals surface area contributed by atoms with Crippen LogP contribution in [0.4, 0.5) is 14.9 Å². The molecule has 8 nitrogen and oxygen atoms in total. The molecule has 0 unspecified atom stereocenters. The molecule has 2 heterocycles. The maximum absolute atomic E-state index is 13.0. The number of piperazine rings is 1. The van der Waals surface area contributed by atoms with Crippen molar-refractivity contribution in [2.75, 3.05) is 38.6 Å². The first-order valence-electron chi connectivity index (χ1n) is 9.61. The highest BCUT2D eigenvalue weighted by Crippen LogP contribution is 2.20. The molecule has 0 aliphatic carbocycles. The number of methoxy groups -OCH3 is 1. The van der Waals surface area contributed by atoms with Gasteiger partial charge in [0.15, 0.2) is 0 Å². The number of nitrogens with one attached hydrogen (secondary N) is 1. The first-order chi connectivity index (χ1) is 14.6. The molecule has 156 valence electrons. The Morgan fingerprint density at radius 1 is 1.10 bits per heavy atom. The third kappa shape index (κ3) is 4.74. The van der Waals surface area contributed by atoms with Gasteiger partial charge in [0.1, 0.15) is 11.6 Å². The van der Waals surface area contributed by atoms with Crippen molar-refractivity contribution < 1.29 is 18.4 Å². The van der Waals surface area contributed by atoms with Crippen LogP contribution in [0.2, 0.25) is 0 Å². The summed E-state index contributed by atoms with van der Waals surface area (Å²) in [5.41, 5.74) is 1.42. The first-order valence-corrected chi connectivity index (χ1v) is 9.61. The largest absolute Gasteiger partial charge is 0.497 e. The Bertz CT molecular complexity index is 983. The molecule has 2 aromatic carbocycles. The Labute approximate surface area is 173 Å². The Morgan fingerprint density at radius 2 is 1.80 bits per heavy atom. The second-order valence-electron chi connectivity index (χ2n) is 6.94. The van der Waals surface area contributed by atoms with Gasteiger partial charge < -0.3 is 19.5 Å². The van der Waals surface area contributed by atoms with Crippen molar-refractivity contribution in [3.63, 3.8) is 0 Å². The fraction of sp³-hybridized carbons (Fsp3) is 0.286. The highest BCUT2D eigenvalue weighted by atomic mass is 19.1. The number of hydrogen-bond acceptors (Lipinski definition) is 6. The van der Waals surface area contributed by atoms with E-state index in [1.807, 2.05) is 24.3 Å². The van der Waals surface area contributed by atoms with Crippen LogP contribution in [-0.2, 0) is 6.54 Å². The van der Waals surface area contributed by atoms with Crippen molar-refractivity contribution in [3.8, 4) is 17.1 Å². The lowest BCUT2D eigenvalue weighted by Gasteiger charge is -2.33. The van der Waals surface area contributed by atoms with E-state index in [0.717, 1.165) is 11.3 Å². The summed E-state index contributed by atoms with van der Waals surface area (Å²) in [5, 5.41) is 6.83. The molecular formula is C21H22FN5O3. The van der Waals surface area contributed by atoms with Gasteiger partial charge in [-0.05, 0) is 48.5 Å². The van der Waals surface area contributed by atoms with Gasteiger partial charge >= 0.3 is 6.03 Å². The zero-order valence-corrected chi connectivity index (χ0v) is 16.5. The number of carbonyl (C=O) groups excluding carboxylic acids is 1. The van der Waals surface area contributed by atoms with Crippen LogP contribution in [0, 0.1) is 5.82 Å². The minimum Gasteiger partial charge on any atom is -0.497 e. The molecule has 0 radical (unpaired) electrons. The number of benzene rings is 2. The summed E-state index contributed by atoms with van der Waals surface area (Å²) in [7, 11) is 1.62. The number of aromatic nitrogens is 2. The van der Waals surface area contributed by atoms with E-state index >= 15 is 0 Å². The zero-order valence-electron chi connectivity index (χ0n) is 16.5. The molecule has 3 aromatic rings. The van der Waals surface area contributed by atoms with Gasteiger partial charge in [0, 0.05) is 37.4 Å². The van der Waals surface area contributed by atoms with E-state index in [4.69, 9.17) is 9.26 Å². The number of halogens is 1. The molecule has 4 rings (SSSR count). The molecule has 0 spiro atoms. The smallest absolute Gasteiger partial charge is 0.321 e. The zero-order chi connectivity index (χ0) is 20.9. The van der Waals surface area contributed by atoms with Crippen molar-refractivity contribution in [1.29, 1.82) is 0 Å². The van der Waals surface area contributed by atoms with Gasteiger partial charge in [-0.15, -0.1) is 0 Å². The Hall–Kier alpha value is -3.46. The average molecular weight is 411 g/mol. The van der Waals surface area contributed by atoms with Crippen LogP contribution in [0.25, 0.3) is 11.4 Å². The summed E-state index contributed by atoms with van der Waals surface area (Å²) in [6.45, 7) is 3.06. The molecule has 1 aliphatic rings. The molecule has 1 aromatic heterocycles. The standard InChI is InChI=1S/C21H22FN5O3/c1-29-18-8-2-15(3-9-18)20-24-19(30-25-20)14-26-10-12-27(13-11-26)21(28)23-17-6-4-16(22)5-7-17/h2-9H,10-14H2,1H3,(H,23,28). The van der Waals surface area contributed by atoms with E-state index in [-0.39, 0.29) is 11.8 Å². The number of urea groups is 1. The van der Waals surface area contributed by atoms with Gasteiger partial charge in [0.2, 0.25) is 11.7 Å². The highest BCUT2D eigenvalue weighted by Gasteiger charge is 2.22. The van der Waals surface area contributed by atoms with Crippen LogP contribution in [0.15, 0.2) is 53.1 Å². The van der Waals surface area contributed by atoms with Gasteiger partial charge in [-0.2, -0.15) is 4.98 Å². The summed E-state index contributed by atoms with van der Waals surface area (Å²) >= 11 is 0. The minimum atomic E-state index is -0.335. The van der Waals surface area contributed by atoms with Crippen LogP contribution < -0.4 is 10.1 Å². The van der Waals surface area contributed by atoms with Gasteiger partial charge in [0.05, 0.1) is 13.7 Å². The number of ether oxygens (including phenoxy) is 1. The lowest BCUT2D eigenvalue weighted by molar-refractivity contribution is 0.133. The number of carbonyl (C=O) groups is 1. The van der Waals surface area contributed by atoms with Gasteiger partial charge in [-0.25, -0.2) is 9.18 Å². The van der Waals surface area contributed by atoms with Crippen LogP contribution in [0.3, 0.4) is 0 Å². The Balaban J connectivity index is 1.28. The predicted molar refractivity (Wildman–Crippen MR) is 109 cm³/mol. The minimum absolute atomic E-state index is 0.194. The number of anilines is 1. The third-order valence-electron chi connectivity index (χ3n) is 4.93. The van der Waals surface area contributed by atoms with Crippen molar-refractivity contribution in [1.82, 2.24) is 19.9 Å². The van der Waals surface area contributed by atoms with Gasteiger partial charge in [-0.1, -0.05) is 5.16 Å². The lowest BCUT2D eigenvalue weighted by atomic mass is 10.2. The molecule has 0 saturated carbocycles. The summed E-state index contributed by atoms with van der Waals surface area (Å²) in [6, 6.07) is 13.0. The van der Waals surface area contributed by atoms with Crippen LogP contribution >= 0.6 is 0 Å². The predicted octanol–water partition coefficient (Wildman–Crippen LogP) is 3.23. The molecule has 1 aliphatic heterocycles. The van der Waals surface area contributed by atoms with E-state index < -0.39 is 0 Å². The lowest BCUT2D eigenvalue weighted by Crippen LogP contribution is -2.49. The molecule has 30 heavy (non-hydrogen) atoms. The van der Waals surface area contributed by atoms with E-state index in [0.29, 0.717) is 50.1 Å².